The second-order valence-electron chi connectivity index (χ2n) is 10.6. The van der Waals surface area contributed by atoms with Crippen molar-refractivity contribution in [2.24, 2.45) is 12.5 Å². The maximum Gasteiger partial charge on any atom is 0.275 e. The largest absolute Gasteiger partial charge is 0.304 e. The molecule has 3 aromatic rings. The molecule has 0 amide bonds. The first kappa shape index (κ1) is 23.8. The van der Waals surface area contributed by atoms with Crippen LogP contribution in [-0.4, -0.2) is 33.9 Å². The van der Waals surface area contributed by atoms with E-state index in [1.54, 1.807) is 0 Å². The molecule has 0 spiro atoms. The highest BCUT2D eigenvalue weighted by atomic mass is 16.1. The summed E-state index contributed by atoms with van der Waals surface area (Å²) in [4.78, 5) is 15.9. The van der Waals surface area contributed by atoms with Gasteiger partial charge in [-0.05, 0) is 67.7 Å². The molecular weight excluding hydrogens is 406 g/mol. The van der Waals surface area contributed by atoms with Crippen LogP contribution in [0, 0.1) is 12.3 Å². The fourth-order valence-corrected chi connectivity index (χ4v) is 6.58. The van der Waals surface area contributed by atoms with Gasteiger partial charge in [-0.1, -0.05) is 71.9 Å². The Morgan fingerprint density at radius 3 is 2.12 bits per heavy atom. The maximum absolute atomic E-state index is 13.6. The van der Waals surface area contributed by atoms with E-state index in [-0.39, 0.29) is 16.4 Å². The highest BCUT2D eigenvalue weighted by Gasteiger charge is 2.62. The lowest BCUT2D eigenvalue weighted by molar-refractivity contribution is 0.218. The highest BCUT2D eigenvalue weighted by molar-refractivity contribution is 5.92. The van der Waals surface area contributed by atoms with Crippen LogP contribution in [-0.2, 0) is 12.5 Å². The van der Waals surface area contributed by atoms with Gasteiger partial charge in [0.25, 0.3) is 5.56 Å². The van der Waals surface area contributed by atoms with E-state index >= 15 is 0 Å². The molecule has 0 saturated heterocycles. The number of fused-ring (bicyclic) bond motifs is 6. The predicted molar refractivity (Wildman–Crippen MR) is 140 cm³/mol. The van der Waals surface area contributed by atoms with Crippen LogP contribution in [0.15, 0.2) is 41.2 Å². The molecule has 4 heteroatoms. The quantitative estimate of drug-likeness (QED) is 0.479. The zero-order valence-corrected chi connectivity index (χ0v) is 21.8. The minimum absolute atomic E-state index is 0.0761. The van der Waals surface area contributed by atoms with Gasteiger partial charge in [-0.3, -0.25) is 9.48 Å². The lowest BCUT2D eigenvalue weighted by Gasteiger charge is -2.36. The van der Waals surface area contributed by atoms with Gasteiger partial charge in [0.15, 0.2) is 0 Å². The van der Waals surface area contributed by atoms with Crippen molar-refractivity contribution < 1.29 is 0 Å². The maximum atomic E-state index is 13.6. The van der Waals surface area contributed by atoms with E-state index in [1.807, 2.05) is 4.68 Å². The van der Waals surface area contributed by atoms with Crippen molar-refractivity contribution in [3.8, 4) is 5.69 Å². The summed E-state index contributed by atoms with van der Waals surface area (Å²) in [5.41, 5.74) is 4.97. The summed E-state index contributed by atoms with van der Waals surface area (Å²) >= 11 is 0. The van der Waals surface area contributed by atoms with Gasteiger partial charge in [-0.2, -0.15) is 0 Å². The zero-order chi connectivity index (χ0) is 24.1. The second-order valence-corrected chi connectivity index (χ2v) is 10.6. The molecule has 178 valence electrons. The summed E-state index contributed by atoms with van der Waals surface area (Å²) in [6, 6.07) is 12.6. The second kappa shape index (κ2) is 8.47. The van der Waals surface area contributed by atoms with E-state index in [9.17, 15) is 4.79 Å². The molecule has 1 saturated carbocycles. The SMILES string of the molecule is CCN(CC)CC.Cc1ccc(-n2c(=O)c3c(n2C)[C@]2(C)CC[C@H]3C2(C)C)c2ccccc12. The third-order valence-electron chi connectivity index (χ3n) is 9.09. The lowest BCUT2D eigenvalue weighted by Crippen LogP contribution is -2.35. The van der Waals surface area contributed by atoms with Gasteiger partial charge < -0.3 is 4.90 Å². The number of aryl methyl sites for hydroxylation is 1. The normalized spacial score (nSPS) is 22.5. The molecule has 1 aromatic heterocycles. The zero-order valence-electron chi connectivity index (χ0n) is 21.8. The van der Waals surface area contributed by atoms with E-state index in [0.29, 0.717) is 5.92 Å². The molecule has 2 aromatic carbocycles. The molecule has 0 aliphatic heterocycles. The van der Waals surface area contributed by atoms with Gasteiger partial charge in [0.2, 0.25) is 0 Å². The molecule has 33 heavy (non-hydrogen) atoms. The fraction of sp³-hybridized carbons (Fsp3) is 0.552. The van der Waals surface area contributed by atoms with Crippen LogP contribution in [0.3, 0.4) is 0 Å². The summed E-state index contributed by atoms with van der Waals surface area (Å²) in [5.74, 6) is 0.374. The molecule has 4 nitrogen and oxygen atoms in total. The van der Waals surface area contributed by atoms with Crippen molar-refractivity contribution in [2.45, 2.75) is 72.6 Å². The third kappa shape index (κ3) is 3.32. The Balaban J connectivity index is 0.000000325. The Labute approximate surface area is 199 Å². The van der Waals surface area contributed by atoms with Crippen LogP contribution in [0.5, 0.6) is 0 Å². The van der Waals surface area contributed by atoms with Crippen molar-refractivity contribution in [1.29, 1.82) is 0 Å². The minimum atomic E-state index is 0.0761. The summed E-state index contributed by atoms with van der Waals surface area (Å²) in [7, 11) is 2.07. The molecule has 2 bridgehead atoms. The number of aromatic nitrogens is 2. The smallest absolute Gasteiger partial charge is 0.275 e. The monoisotopic (exact) mass is 447 g/mol. The van der Waals surface area contributed by atoms with Crippen LogP contribution >= 0.6 is 0 Å². The molecule has 2 aliphatic carbocycles. The number of rotatable bonds is 4. The predicted octanol–water partition coefficient (Wildman–Crippen LogP) is 6.16. The third-order valence-corrected chi connectivity index (χ3v) is 9.09. The van der Waals surface area contributed by atoms with Crippen LogP contribution in [0.25, 0.3) is 16.5 Å². The number of hydrogen-bond acceptors (Lipinski definition) is 2. The number of benzene rings is 2. The number of hydrogen-bond donors (Lipinski definition) is 0. The van der Waals surface area contributed by atoms with Crippen molar-refractivity contribution >= 4 is 10.8 Å². The molecule has 0 unspecified atom stereocenters. The average Bonchev–Trinajstić information content (AvgIpc) is 3.27. The van der Waals surface area contributed by atoms with Crippen molar-refractivity contribution in [2.75, 3.05) is 19.6 Å². The van der Waals surface area contributed by atoms with E-state index in [1.165, 1.54) is 42.7 Å². The van der Waals surface area contributed by atoms with Gasteiger partial charge >= 0.3 is 0 Å². The van der Waals surface area contributed by atoms with Crippen LogP contribution < -0.4 is 5.56 Å². The molecule has 1 fully saturated rings. The summed E-state index contributed by atoms with van der Waals surface area (Å²) < 4.78 is 4.06. The first-order valence-corrected chi connectivity index (χ1v) is 12.7. The van der Waals surface area contributed by atoms with Crippen LogP contribution in [0.1, 0.15) is 77.1 Å². The Hall–Kier alpha value is -2.33. The molecule has 1 heterocycles. The van der Waals surface area contributed by atoms with Crippen molar-refractivity contribution in [3.63, 3.8) is 0 Å². The Morgan fingerprint density at radius 1 is 0.970 bits per heavy atom. The van der Waals surface area contributed by atoms with Crippen LogP contribution in [0.4, 0.5) is 0 Å². The molecule has 0 N–H and O–H groups in total. The Kier molecular flexibility index (Phi) is 6.11. The summed E-state index contributed by atoms with van der Waals surface area (Å²) in [6.07, 6.45) is 2.30. The van der Waals surface area contributed by atoms with Gasteiger partial charge in [0.1, 0.15) is 0 Å². The number of nitrogens with zero attached hydrogens (tertiary/aromatic N) is 3. The molecule has 0 radical (unpaired) electrons. The topological polar surface area (TPSA) is 30.2 Å². The lowest BCUT2D eigenvalue weighted by atomic mass is 9.70. The molecule has 2 atom stereocenters. The summed E-state index contributed by atoms with van der Waals surface area (Å²) in [5, 5.41) is 2.36. The van der Waals surface area contributed by atoms with Gasteiger partial charge in [-0.15, -0.1) is 0 Å². The molecule has 5 rings (SSSR count). The Bertz CT molecular complexity index is 1220. The van der Waals surface area contributed by atoms with Crippen LogP contribution in [0.2, 0.25) is 0 Å². The summed E-state index contributed by atoms with van der Waals surface area (Å²) in [6.45, 7) is 19.3. The van der Waals surface area contributed by atoms with E-state index in [0.717, 1.165) is 23.1 Å². The standard InChI is InChI=1S/C23H26N2O.C6H15N/c1-14-10-11-18(16-9-7-6-8-15(14)16)25-21(26)19-17-12-13-23(4,22(17,2)3)20(19)24(25)5;1-4-7(5-2)6-3/h6-11,17H,12-13H2,1-5H3;4-6H2,1-3H3/t17-,23+;/m1./s1. The van der Waals surface area contributed by atoms with Gasteiger partial charge in [0, 0.05) is 23.4 Å². The highest BCUT2D eigenvalue weighted by Crippen LogP contribution is 2.66. The van der Waals surface area contributed by atoms with Gasteiger partial charge in [0.05, 0.1) is 11.4 Å². The fourth-order valence-electron chi connectivity index (χ4n) is 6.58. The average molecular weight is 448 g/mol. The molecule has 2 aliphatic rings. The first-order valence-electron chi connectivity index (χ1n) is 12.7. The first-order chi connectivity index (χ1) is 15.6. The van der Waals surface area contributed by atoms with E-state index in [2.05, 4.69) is 101 Å². The van der Waals surface area contributed by atoms with E-state index < -0.39 is 0 Å². The van der Waals surface area contributed by atoms with Gasteiger partial charge in [-0.25, -0.2) is 4.68 Å². The Morgan fingerprint density at radius 2 is 1.58 bits per heavy atom. The molecular formula is C29H41N3O. The minimum Gasteiger partial charge on any atom is -0.304 e. The van der Waals surface area contributed by atoms with Crippen molar-refractivity contribution in [3.05, 3.63) is 63.6 Å². The van der Waals surface area contributed by atoms with E-state index in [4.69, 9.17) is 0 Å². The van der Waals surface area contributed by atoms with Crippen molar-refractivity contribution in [1.82, 2.24) is 14.3 Å².